The zero-order valence-corrected chi connectivity index (χ0v) is 16.4. The van der Waals surface area contributed by atoms with E-state index in [1.807, 2.05) is 35.2 Å². The molecule has 3 rings (SSSR count). The fraction of sp³-hybridized carbons (Fsp3) is 0.435. The second kappa shape index (κ2) is 9.05. The lowest BCUT2D eigenvalue weighted by molar-refractivity contribution is 0.0784. The van der Waals surface area contributed by atoms with Crippen molar-refractivity contribution in [2.24, 2.45) is 11.7 Å². The molecule has 1 aliphatic heterocycles. The Morgan fingerprint density at radius 2 is 1.96 bits per heavy atom. The summed E-state index contributed by atoms with van der Waals surface area (Å²) in [6.45, 7) is 3.61. The quantitative estimate of drug-likeness (QED) is 0.813. The molecule has 1 aliphatic rings. The fourth-order valence-electron chi connectivity index (χ4n) is 3.96. The van der Waals surface area contributed by atoms with Gasteiger partial charge in [0, 0.05) is 24.7 Å². The van der Waals surface area contributed by atoms with E-state index in [9.17, 15) is 4.79 Å². The lowest BCUT2D eigenvalue weighted by Crippen LogP contribution is -2.32. The van der Waals surface area contributed by atoms with Gasteiger partial charge in [-0.05, 0) is 54.5 Å². The van der Waals surface area contributed by atoms with E-state index in [4.69, 9.17) is 10.5 Å². The van der Waals surface area contributed by atoms with Crippen LogP contribution in [-0.4, -0.2) is 37.0 Å². The predicted octanol–water partition coefficient (Wildman–Crippen LogP) is 3.68. The minimum absolute atomic E-state index is 0.0952. The van der Waals surface area contributed by atoms with Crippen molar-refractivity contribution in [1.29, 1.82) is 0 Å². The topological polar surface area (TPSA) is 55.6 Å². The van der Waals surface area contributed by atoms with Crippen LogP contribution in [0.25, 0.3) is 0 Å². The molecular weight excluding hydrogens is 336 g/mol. The maximum atomic E-state index is 13.1. The smallest absolute Gasteiger partial charge is 0.254 e. The molecule has 2 unspecified atom stereocenters. The van der Waals surface area contributed by atoms with E-state index in [1.54, 1.807) is 7.11 Å². The normalized spacial score (nSPS) is 19.3. The van der Waals surface area contributed by atoms with E-state index in [1.165, 1.54) is 5.56 Å². The molecular formula is C23H30N2O2. The minimum Gasteiger partial charge on any atom is -0.497 e. The largest absolute Gasteiger partial charge is 0.497 e. The van der Waals surface area contributed by atoms with E-state index in [0.29, 0.717) is 12.5 Å². The van der Waals surface area contributed by atoms with Gasteiger partial charge in [-0.3, -0.25) is 4.79 Å². The molecule has 0 saturated carbocycles. The summed E-state index contributed by atoms with van der Waals surface area (Å²) in [5.74, 6) is 1.40. The zero-order valence-electron chi connectivity index (χ0n) is 16.4. The van der Waals surface area contributed by atoms with Crippen LogP contribution in [-0.2, 0) is 12.8 Å². The molecule has 1 heterocycles. The summed E-state index contributed by atoms with van der Waals surface area (Å²) < 4.78 is 5.30. The minimum atomic E-state index is 0.0952. The molecule has 0 radical (unpaired) electrons. The number of benzene rings is 2. The number of carbonyl (C=O) groups is 1. The van der Waals surface area contributed by atoms with Crippen molar-refractivity contribution in [3.05, 3.63) is 65.2 Å². The lowest BCUT2D eigenvalue weighted by atomic mass is 9.98. The summed E-state index contributed by atoms with van der Waals surface area (Å²) in [7, 11) is 1.68. The third kappa shape index (κ3) is 4.69. The van der Waals surface area contributed by atoms with Gasteiger partial charge in [-0.15, -0.1) is 0 Å². The summed E-state index contributed by atoms with van der Waals surface area (Å²) >= 11 is 0. The van der Waals surface area contributed by atoms with Crippen LogP contribution >= 0.6 is 0 Å². The molecule has 1 saturated heterocycles. The summed E-state index contributed by atoms with van der Waals surface area (Å²) in [5.41, 5.74) is 9.38. The van der Waals surface area contributed by atoms with Crippen LogP contribution < -0.4 is 10.5 Å². The zero-order chi connectivity index (χ0) is 19.2. The number of likely N-dealkylation sites (tertiary alicyclic amines) is 1. The Hall–Kier alpha value is -2.33. The molecule has 0 aliphatic carbocycles. The maximum Gasteiger partial charge on any atom is 0.254 e. The van der Waals surface area contributed by atoms with Crippen molar-refractivity contribution in [3.8, 4) is 5.75 Å². The number of carbonyl (C=O) groups excluding carboxylic acids is 1. The van der Waals surface area contributed by atoms with Gasteiger partial charge in [0.15, 0.2) is 0 Å². The van der Waals surface area contributed by atoms with Crippen LogP contribution in [0.1, 0.15) is 41.3 Å². The van der Waals surface area contributed by atoms with Crippen LogP contribution in [0.3, 0.4) is 0 Å². The summed E-state index contributed by atoms with van der Waals surface area (Å²) in [4.78, 5) is 15.1. The fourth-order valence-corrected chi connectivity index (χ4v) is 3.96. The molecule has 0 bridgehead atoms. The Bertz CT molecular complexity index is 774. The molecule has 144 valence electrons. The van der Waals surface area contributed by atoms with Crippen molar-refractivity contribution in [2.45, 2.75) is 38.6 Å². The highest BCUT2D eigenvalue weighted by atomic mass is 16.5. The Morgan fingerprint density at radius 3 is 2.74 bits per heavy atom. The van der Waals surface area contributed by atoms with Gasteiger partial charge in [0.2, 0.25) is 0 Å². The van der Waals surface area contributed by atoms with Crippen molar-refractivity contribution in [2.75, 3.05) is 20.2 Å². The third-order valence-electron chi connectivity index (χ3n) is 5.50. The number of ether oxygens (including phenoxy) is 1. The number of methoxy groups -OCH3 is 1. The molecule has 1 fully saturated rings. The van der Waals surface area contributed by atoms with Crippen LogP contribution in [0.15, 0.2) is 48.5 Å². The van der Waals surface area contributed by atoms with Crippen molar-refractivity contribution in [1.82, 2.24) is 4.90 Å². The average Bonchev–Trinajstić information content (AvgIpc) is 3.07. The van der Waals surface area contributed by atoms with E-state index < -0.39 is 0 Å². The van der Waals surface area contributed by atoms with E-state index in [0.717, 1.165) is 49.1 Å². The van der Waals surface area contributed by atoms with E-state index >= 15 is 0 Å². The number of nitrogens with zero attached hydrogens (tertiary/aromatic N) is 1. The first-order valence-corrected chi connectivity index (χ1v) is 9.88. The Balaban J connectivity index is 1.71. The van der Waals surface area contributed by atoms with Crippen molar-refractivity contribution in [3.63, 3.8) is 0 Å². The molecule has 27 heavy (non-hydrogen) atoms. The highest BCUT2D eigenvalue weighted by Gasteiger charge is 2.33. The summed E-state index contributed by atoms with van der Waals surface area (Å²) in [6.07, 6.45) is 3.90. The van der Waals surface area contributed by atoms with E-state index in [2.05, 4.69) is 25.1 Å². The standard InChI is InChI=1S/C23H30N2O2/c1-3-7-19-15-25(16-22(19)24)23(26)21-11-5-4-9-18(21)13-12-17-8-6-10-20(14-17)27-2/h4-6,8-11,14,19,22H,3,7,12-13,15-16,24H2,1-2H3. The van der Waals surface area contributed by atoms with Crippen LogP contribution in [0.5, 0.6) is 5.75 Å². The summed E-state index contributed by atoms with van der Waals surface area (Å²) in [6, 6.07) is 16.2. The highest BCUT2D eigenvalue weighted by Crippen LogP contribution is 2.24. The molecule has 2 atom stereocenters. The number of hydrogen-bond donors (Lipinski definition) is 1. The van der Waals surface area contributed by atoms with Crippen molar-refractivity contribution < 1.29 is 9.53 Å². The van der Waals surface area contributed by atoms with Gasteiger partial charge in [0.1, 0.15) is 5.75 Å². The average molecular weight is 367 g/mol. The predicted molar refractivity (Wildman–Crippen MR) is 109 cm³/mol. The first-order chi connectivity index (χ1) is 13.1. The second-order valence-electron chi connectivity index (χ2n) is 7.43. The van der Waals surface area contributed by atoms with Crippen LogP contribution in [0.4, 0.5) is 0 Å². The molecule has 0 aromatic heterocycles. The monoisotopic (exact) mass is 366 g/mol. The van der Waals surface area contributed by atoms with Crippen LogP contribution in [0.2, 0.25) is 0 Å². The maximum absolute atomic E-state index is 13.1. The van der Waals surface area contributed by atoms with Gasteiger partial charge in [-0.25, -0.2) is 0 Å². The number of aryl methyl sites for hydroxylation is 2. The van der Waals surface area contributed by atoms with Gasteiger partial charge in [0.25, 0.3) is 5.91 Å². The van der Waals surface area contributed by atoms with Crippen LogP contribution in [0, 0.1) is 5.92 Å². The SMILES string of the molecule is CCCC1CN(C(=O)c2ccccc2CCc2cccc(OC)c2)CC1N. The van der Waals surface area contributed by atoms with E-state index in [-0.39, 0.29) is 11.9 Å². The first kappa shape index (κ1) is 19.4. The first-order valence-electron chi connectivity index (χ1n) is 9.88. The molecule has 0 spiro atoms. The lowest BCUT2D eigenvalue weighted by Gasteiger charge is -2.18. The van der Waals surface area contributed by atoms with Gasteiger partial charge in [-0.2, -0.15) is 0 Å². The number of amides is 1. The third-order valence-corrected chi connectivity index (χ3v) is 5.50. The summed E-state index contributed by atoms with van der Waals surface area (Å²) in [5, 5.41) is 0. The molecule has 2 aromatic rings. The molecule has 2 aromatic carbocycles. The highest BCUT2D eigenvalue weighted by molar-refractivity contribution is 5.96. The van der Waals surface area contributed by atoms with Gasteiger partial charge >= 0.3 is 0 Å². The molecule has 4 heteroatoms. The number of nitrogens with two attached hydrogens (primary N) is 1. The molecule has 4 nitrogen and oxygen atoms in total. The second-order valence-corrected chi connectivity index (χ2v) is 7.43. The molecule has 2 N–H and O–H groups in total. The molecule has 1 amide bonds. The Kier molecular flexibility index (Phi) is 6.51. The Morgan fingerprint density at radius 1 is 1.15 bits per heavy atom. The number of rotatable bonds is 7. The van der Waals surface area contributed by atoms with Crippen molar-refractivity contribution >= 4 is 5.91 Å². The number of hydrogen-bond acceptors (Lipinski definition) is 3. The van der Waals surface area contributed by atoms with Gasteiger partial charge < -0.3 is 15.4 Å². The van der Waals surface area contributed by atoms with Gasteiger partial charge in [0.05, 0.1) is 7.11 Å². The van der Waals surface area contributed by atoms with Gasteiger partial charge in [-0.1, -0.05) is 43.7 Å². The Labute approximate surface area is 162 Å².